The maximum absolute atomic E-state index is 8.87. The lowest BCUT2D eigenvalue weighted by Crippen LogP contribution is -2.24. The van der Waals surface area contributed by atoms with Gasteiger partial charge in [0.2, 0.25) is 5.88 Å². The Morgan fingerprint density at radius 2 is 2.35 bits per heavy atom. The average Bonchev–Trinajstić information content (AvgIpc) is 2.32. The Kier molecular flexibility index (Phi) is 3.86. The predicted molar refractivity (Wildman–Crippen MR) is 66.0 cm³/mol. The lowest BCUT2D eigenvalue weighted by atomic mass is 9.89. The van der Waals surface area contributed by atoms with E-state index in [2.05, 4.69) is 11.9 Å². The normalized spacial score (nSPS) is 24.1. The van der Waals surface area contributed by atoms with Crippen molar-refractivity contribution in [3.05, 3.63) is 22.8 Å². The summed E-state index contributed by atoms with van der Waals surface area (Å²) in [5.41, 5.74) is 0.417. The van der Waals surface area contributed by atoms with Crippen LogP contribution < -0.4 is 4.74 Å². The summed E-state index contributed by atoms with van der Waals surface area (Å²) < 4.78 is 5.80. The number of hydrogen-bond acceptors (Lipinski definition) is 3. The van der Waals surface area contributed by atoms with Gasteiger partial charge >= 0.3 is 0 Å². The molecule has 0 radical (unpaired) electrons. The Balaban J connectivity index is 2.11. The molecule has 4 heteroatoms. The molecule has 17 heavy (non-hydrogen) atoms. The first-order chi connectivity index (χ1) is 8.20. The number of pyridine rings is 1. The summed E-state index contributed by atoms with van der Waals surface area (Å²) in [7, 11) is 0. The van der Waals surface area contributed by atoms with Crippen molar-refractivity contribution in [1.29, 1.82) is 5.26 Å². The van der Waals surface area contributed by atoms with Crippen LogP contribution in [0.4, 0.5) is 0 Å². The predicted octanol–water partition coefficient (Wildman–Crippen LogP) is 3.56. The zero-order valence-electron chi connectivity index (χ0n) is 9.82. The van der Waals surface area contributed by atoms with E-state index in [0.717, 1.165) is 12.8 Å². The van der Waals surface area contributed by atoms with Gasteiger partial charge in [-0.2, -0.15) is 5.26 Å². The van der Waals surface area contributed by atoms with Crippen molar-refractivity contribution < 1.29 is 4.74 Å². The summed E-state index contributed by atoms with van der Waals surface area (Å²) >= 11 is 6.05. The molecule has 0 N–H and O–H groups in total. The van der Waals surface area contributed by atoms with Crippen molar-refractivity contribution >= 4 is 11.6 Å². The number of halogens is 1. The molecule has 0 amide bonds. The standard InChI is InChI=1S/C13H15ClN2O/c1-9-3-2-4-11(7-9)17-13-12(14)10(8-15)5-6-16-13/h5-6,9,11H,2-4,7H2,1H3. The summed E-state index contributed by atoms with van der Waals surface area (Å²) in [4.78, 5) is 4.10. The van der Waals surface area contributed by atoms with Gasteiger partial charge in [-0.3, -0.25) is 0 Å². The Bertz CT molecular complexity index is 442. The fraction of sp³-hybridized carbons (Fsp3) is 0.538. The lowest BCUT2D eigenvalue weighted by molar-refractivity contribution is 0.124. The topological polar surface area (TPSA) is 45.9 Å². The molecule has 1 aromatic rings. The van der Waals surface area contributed by atoms with Crippen molar-refractivity contribution in [3.8, 4) is 11.9 Å². The van der Waals surface area contributed by atoms with Crippen LogP contribution in [0.1, 0.15) is 38.2 Å². The van der Waals surface area contributed by atoms with Crippen LogP contribution in [-0.4, -0.2) is 11.1 Å². The quantitative estimate of drug-likeness (QED) is 0.806. The van der Waals surface area contributed by atoms with Crippen LogP contribution in [0.3, 0.4) is 0 Å². The molecule has 2 rings (SSSR count). The molecule has 1 heterocycles. The van der Waals surface area contributed by atoms with Crippen molar-refractivity contribution in [2.75, 3.05) is 0 Å². The summed E-state index contributed by atoms with van der Waals surface area (Å²) in [6, 6.07) is 3.63. The molecule has 2 unspecified atom stereocenters. The zero-order valence-corrected chi connectivity index (χ0v) is 10.6. The number of nitriles is 1. The minimum Gasteiger partial charge on any atom is -0.473 e. The van der Waals surface area contributed by atoms with Gasteiger partial charge in [0.15, 0.2) is 0 Å². The minimum absolute atomic E-state index is 0.178. The summed E-state index contributed by atoms with van der Waals surface area (Å²) in [5, 5.41) is 9.20. The highest BCUT2D eigenvalue weighted by molar-refractivity contribution is 6.32. The van der Waals surface area contributed by atoms with E-state index in [0.29, 0.717) is 22.4 Å². The van der Waals surface area contributed by atoms with Crippen LogP contribution >= 0.6 is 11.6 Å². The summed E-state index contributed by atoms with van der Waals surface area (Å²) in [6.45, 7) is 2.23. The van der Waals surface area contributed by atoms with E-state index >= 15 is 0 Å². The first-order valence-corrected chi connectivity index (χ1v) is 6.29. The van der Waals surface area contributed by atoms with Gasteiger partial charge in [-0.25, -0.2) is 4.98 Å². The molecular formula is C13H15ClN2O. The van der Waals surface area contributed by atoms with Crippen molar-refractivity contribution in [2.24, 2.45) is 5.92 Å². The van der Waals surface area contributed by atoms with Crippen molar-refractivity contribution in [1.82, 2.24) is 4.98 Å². The van der Waals surface area contributed by atoms with E-state index < -0.39 is 0 Å². The molecule has 2 atom stereocenters. The van der Waals surface area contributed by atoms with Gasteiger partial charge < -0.3 is 4.74 Å². The van der Waals surface area contributed by atoms with Gasteiger partial charge in [0, 0.05) is 6.20 Å². The molecule has 0 spiro atoms. The van der Waals surface area contributed by atoms with Crippen LogP contribution in [0.25, 0.3) is 0 Å². The zero-order chi connectivity index (χ0) is 12.3. The largest absolute Gasteiger partial charge is 0.473 e. The Labute approximate surface area is 106 Å². The molecule has 0 aliphatic heterocycles. The fourth-order valence-electron chi connectivity index (χ4n) is 2.24. The fourth-order valence-corrected chi connectivity index (χ4v) is 2.44. The average molecular weight is 251 g/mol. The number of nitrogens with zero attached hydrogens (tertiary/aromatic N) is 2. The van der Waals surface area contributed by atoms with Crippen LogP contribution in [0.15, 0.2) is 12.3 Å². The van der Waals surface area contributed by atoms with Gasteiger partial charge in [0.25, 0.3) is 0 Å². The first kappa shape index (κ1) is 12.2. The molecule has 1 aliphatic carbocycles. The number of aromatic nitrogens is 1. The Hall–Kier alpha value is -1.27. The first-order valence-electron chi connectivity index (χ1n) is 5.92. The van der Waals surface area contributed by atoms with E-state index in [1.807, 2.05) is 6.07 Å². The maximum Gasteiger partial charge on any atom is 0.234 e. The van der Waals surface area contributed by atoms with E-state index in [-0.39, 0.29) is 6.10 Å². The Morgan fingerprint density at radius 3 is 3.06 bits per heavy atom. The number of ether oxygens (including phenoxy) is 1. The molecule has 1 aliphatic rings. The minimum atomic E-state index is 0.178. The van der Waals surface area contributed by atoms with Crippen molar-refractivity contribution in [2.45, 2.75) is 38.7 Å². The van der Waals surface area contributed by atoms with E-state index in [1.54, 1.807) is 12.3 Å². The third-order valence-corrected chi connectivity index (χ3v) is 3.51. The van der Waals surface area contributed by atoms with Gasteiger partial charge in [-0.1, -0.05) is 24.9 Å². The molecule has 0 saturated heterocycles. The van der Waals surface area contributed by atoms with Gasteiger partial charge in [-0.05, 0) is 31.2 Å². The molecule has 0 aromatic carbocycles. The highest BCUT2D eigenvalue weighted by atomic mass is 35.5. The van der Waals surface area contributed by atoms with Crippen molar-refractivity contribution in [3.63, 3.8) is 0 Å². The second-order valence-electron chi connectivity index (χ2n) is 4.60. The smallest absolute Gasteiger partial charge is 0.234 e. The highest BCUT2D eigenvalue weighted by Crippen LogP contribution is 2.31. The third-order valence-electron chi connectivity index (χ3n) is 3.14. The second kappa shape index (κ2) is 5.37. The summed E-state index contributed by atoms with van der Waals surface area (Å²) in [5.74, 6) is 1.08. The molecule has 1 saturated carbocycles. The third kappa shape index (κ3) is 2.89. The van der Waals surface area contributed by atoms with E-state index in [4.69, 9.17) is 21.6 Å². The monoisotopic (exact) mass is 250 g/mol. The second-order valence-corrected chi connectivity index (χ2v) is 4.98. The molecule has 1 aromatic heterocycles. The SMILES string of the molecule is CC1CCCC(Oc2nccc(C#N)c2Cl)C1. The molecule has 0 bridgehead atoms. The van der Waals surface area contributed by atoms with E-state index in [1.165, 1.54) is 12.8 Å². The molecule has 1 fully saturated rings. The molecule has 90 valence electrons. The van der Waals surface area contributed by atoms with Crippen LogP contribution in [0.2, 0.25) is 5.02 Å². The van der Waals surface area contributed by atoms with Gasteiger partial charge in [-0.15, -0.1) is 0 Å². The summed E-state index contributed by atoms with van der Waals surface area (Å²) in [6.07, 6.45) is 6.26. The van der Waals surface area contributed by atoms with Crippen LogP contribution in [0, 0.1) is 17.2 Å². The van der Waals surface area contributed by atoms with Crippen LogP contribution in [0.5, 0.6) is 5.88 Å². The molecular weight excluding hydrogens is 236 g/mol. The van der Waals surface area contributed by atoms with Gasteiger partial charge in [0.1, 0.15) is 17.2 Å². The number of hydrogen-bond donors (Lipinski definition) is 0. The molecule has 3 nitrogen and oxygen atoms in total. The van der Waals surface area contributed by atoms with Crippen LogP contribution in [-0.2, 0) is 0 Å². The van der Waals surface area contributed by atoms with E-state index in [9.17, 15) is 0 Å². The highest BCUT2D eigenvalue weighted by Gasteiger charge is 2.22. The Morgan fingerprint density at radius 1 is 1.53 bits per heavy atom. The lowest BCUT2D eigenvalue weighted by Gasteiger charge is -2.27. The number of rotatable bonds is 2. The van der Waals surface area contributed by atoms with Gasteiger partial charge in [0.05, 0.1) is 5.56 Å². The maximum atomic E-state index is 8.87.